The van der Waals surface area contributed by atoms with E-state index in [2.05, 4.69) is 29.1 Å². The third-order valence-corrected chi connectivity index (χ3v) is 4.36. The lowest BCUT2D eigenvalue weighted by Gasteiger charge is -2.33. The smallest absolute Gasteiger partial charge is 0.0197 e. The Kier molecular flexibility index (Phi) is 5.26. The molecule has 100 valence electrons. The fourth-order valence-corrected chi connectivity index (χ4v) is 3.27. The highest BCUT2D eigenvalue weighted by atomic mass is 15.2. The van der Waals surface area contributed by atoms with E-state index in [0.717, 1.165) is 12.1 Å². The van der Waals surface area contributed by atoms with Crippen LogP contribution in [0.2, 0.25) is 0 Å². The van der Waals surface area contributed by atoms with Gasteiger partial charge in [0, 0.05) is 18.6 Å². The molecule has 2 saturated heterocycles. The molecule has 2 aliphatic heterocycles. The molecule has 0 aromatic rings. The third kappa shape index (κ3) is 4.23. The standard InChI is InChI=1S/C14H29N3/c1-3-17-10-5-6-13(8-11-17)15-14-7-4-9-16(2)12-14/h13-15H,3-12H2,1-2H3. The molecule has 0 radical (unpaired) electrons. The lowest BCUT2D eigenvalue weighted by atomic mass is 10.0. The number of nitrogens with zero attached hydrogens (tertiary/aromatic N) is 2. The number of piperidine rings is 1. The molecule has 2 unspecified atom stereocenters. The number of hydrogen-bond donors (Lipinski definition) is 1. The van der Waals surface area contributed by atoms with Gasteiger partial charge in [-0.15, -0.1) is 0 Å². The lowest BCUT2D eigenvalue weighted by Crippen LogP contribution is -2.48. The van der Waals surface area contributed by atoms with Crippen LogP contribution in [0.1, 0.15) is 39.0 Å². The van der Waals surface area contributed by atoms with Crippen LogP contribution in [-0.2, 0) is 0 Å². The first-order chi connectivity index (χ1) is 8.28. The summed E-state index contributed by atoms with van der Waals surface area (Å²) >= 11 is 0. The number of hydrogen-bond acceptors (Lipinski definition) is 3. The Morgan fingerprint density at radius 1 is 1.00 bits per heavy atom. The van der Waals surface area contributed by atoms with Crippen molar-refractivity contribution in [3.05, 3.63) is 0 Å². The van der Waals surface area contributed by atoms with Gasteiger partial charge in [-0.3, -0.25) is 0 Å². The second kappa shape index (κ2) is 6.72. The molecule has 2 fully saturated rings. The van der Waals surface area contributed by atoms with E-state index in [1.165, 1.54) is 64.8 Å². The van der Waals surface area contributed by atoms with Crippen molar-refractivity contribution < 1.29 is 0 Å². The van der Waals surface area contributed by atoms with Gasteiger partial charge in [0.15, 0.2) is 0 Å². The monoisotopic (exact) mass is 239 g/mol. The highest BCUT2D eigenvalue weighted by molar-refractivity contribution is 4.82. The molecule has 2 heterocycles. The van der Waals surface area contributed by atoms with Crippen molar-refractivity contribution in [1.29, 1.82) is 0 Å². The Balaban J connectivity index is 1.74. The van der Waals surface area contributed by atoms with E-state index in [1.807, 2.05) is 0 Å². The molecule has 0 aliphatic carbocycles. The summed E-state index contributed by atoms with van der Waals surface area (Å²) in [4.78, 5) is 5.06. The van der Waals surface area contributed by atoms with Gasteiger partial charge in [0.05, 0.1) is 0 Å². The van der Waals surface area contributed by atoms with Gasteiger partial charge in [-0.1, -0.05) is 6.92 Å². The summed E-state index contributed by atoms with van der Waals surface area (Å²) < 4.78 is 0. The van der Waals surface area contributed by atoms with Gasteiger partial charge < -0.3 is 15.1 Å². The molecule has 0 bridgehead atoms. The quantitative estimate of drug-likeness (QED) is 0.806. The Labute approximate surface area is 107 Å². The molecule has 0 aromatic carbocycles. The van der Waals surface area contributed by atoms with Crippen LogP contribution in [0.5, 0.6) is 0 Å². The predicted octanol–water partition coefficient (Wildman–Crippen LogP) is 1.54. The van der Waals surface area contributed by atoms with Crippen LogP contribution in [-0.4, -0.2) is 61.7 Å². The van der Waals surface area contributed by atoms with E-state index in [-0.39, 0.29) is 0 Å². The molecule has 1 N–H and O–H groups in total. The topological polar surface area (TPSA) is 18.5 Å². The van der Waals surface area contributed by atoms with E-state index in [9.17, 15) is 0 Å². The second-order valence-corrected chi connectivity index (χ2v) is 5.83. The summed E-state index contributed by atoms with van der Waals surface area (Å²) in [5, 5.41) is 3.90. The third-order valence-electron chi connectivity index (χ3n) is 4.36. The molecule has 2 aliphatic rings. The number of nitrogens with one attached hydrogen (secondary N) is 1. The normalized spacial score (nSPS) is 33.5. The van der Waals surface area contributed by atoms with Gasteiger partial charge in [0.25, 0.3) is 0 Å². The SMILES string of the molecule is CCN1CCCC(NC2CCCN(C)C2)CC1. The van der Waals surface area contributed by atoms with E-state index >= 15 is 0 Å². The zero-order valence-electron chi connectivity index (χ0n) is 11.6. The highest BCUT2D eigenvalue weighted by Crippen LogP contribution is 2.14. The van der Waals surface area contributed by atoms with Crippen molar-refractivity contribution in [2.24, 2.45) is 0 Å². The molecule has 2 rings (SSSR count). The van der Waals surface area contributed by atoms with Crippen molar-refractivity contribution in [3.8, 4) is 0 Å². The molecular weight excluding hydrogens is 210 g/mol. The minimum atomic E-state index is 0.743. The Bertz CT molecular complexity index is 220. The van der Waals surface area contributed by atoms with Crippen LogP contribution in [0, 0.1) is 0 Å². The van der Waals surface area contributed by atoms with Gasteiger partial charge >= 0.3 is 0 Å². The summed E-state index contributed by atoms with van der Waals surface area (Å²) in [7, 11) is 2.25. The molecule has 3 nitrogen and oxygen atoms in total. The van der Waals surface area contributed by atoms with Gasteiger partial charge in [-0.25, -0.2) is 0 Å². The van der Waals surface area contributed by atoms with Crippen molar-refractivity contribution in [2.75, 3.05) is 39.8 Å². The van der Waals surface area contributed by atoms with Crippen LogP contribution in [0.3, 0.4) is 0 Å². The summed E-state index contributed by atoms with van der Waals surface area (Å²) in [6.45, 7) is 8.62. The maximum atomic E-state index is 3.90. The molecule has 3 heteroatoms. The van der Waals surface area contributed by atoms with Crippen LogP contribution in [0.25, 0.3) is 0 Å². The zero-order chi connectivity index (χ0) is 12.1. The average Bonchev–Trinajstić information content (AvgIpc) is 2.54. The van der Waals surface area contributed by atoms with Crippen molar-refractivity contribution in [1.82, 2.24) is 15.1 Å². The van der Waals surface area contributed by atoms with E-state index in [0.29, 0.717) is 0 Å². The van der Waals surface area contributed by atoms with Gasteiger partial charge in [-0.2, -0.15) is 0 Å². The predicted molar refractivity (Wildman–Crippen MR) is 73.4 cm³/mol. The molecule has 0 spiro atoms. The van der Waals surface area contributed by atoms with Crippen molar-refractivity contribution >= 4 is 0 Å². The second-order valence-electron chi connectivity index (χ2n) is 5.83. The zero-order valence-corrected chi connectivity index (χ0v) is 11.6. The van der Waals surface area contributed by atoms with Gasteiger partial charge in [0.2, 0.25) is 0 Å². The molecule has 0 amide bonds. The minimum Gasteiger partial charge on any atom is -0.310 e. The Morgan fingerprint density at radius 3 is 2.53 bits per heavy atom. The van der Waals surface area contributed by atoms with Crippen LogP contribution < -0.4 is 5.32 Å². The molecule has 0 saturated carbocycles. The number of likely N-dealkylation sites (N-methyl/N-ethyl adjacent to an activating group) is 1. The first-order valence-corrected chi connectivity index (χ1v) is 7.45. The molecule has 17 heavy (non-hydrogen) atoms. The van der Waals surface area contributed by atoms with E-state index in [1.54, 1.807) is 0 Å². The summed E-state index contributed by atoms with van der Waals surface area (Å²) in [5.41, 5.74) is 0. The first kappa shape index (κ1) is 13.3. The molecule has 2 atom stereocenters. The average molecular weight is 239 g/mol. The van der Waals surface area contributed by atoms with Gasteiger partial charge in [-0.05, 0) is 65.3 Å². The maximum absolute atomic E-state index is 3.90. The fraction of sp³-hybridized carbons (Fsp3) is 1.00. The van der Waals surface area contributed by atoms with E-state index < -0.39 is 0 Å². The molecular formula is C14H29N3. The lowest BCUT2D eigenvalue weighted by molar-refractivity contribution is 0.211. The van der Waals surface area contributed by atoms with Crippen LogP contribution in [0.4, 0.5) is 0 Å². The fourth-order valence-electron chi connectivity index (χ4n) is 3.27. The minimum absolute atomic E-state index is 0.743. The van der Waals surface area contributed by atoms with E-state index in [4.69, 9.17) is 0 Å². The van der Waals surface area contributed by atoms with Crippen molar-refractivity contribution in [2.45, 2.75) is 51.1 Å². The van der Waals surface area contributed by atoms with Crippen LogP contribution in [0.15, 0.2) is 0 Å². The Hall–Kier alpha value is -0.120. The number of likely N-dealkylation sites (tertiary alicyclic amines) is 2. The maximum Gasteiger partial charge on any atom is 0.0197 e. The van der Waals surface area contributed by atoms with Gasteiger partial charge in [0.1, 0.15) is 0 Å². The largest absolute Gasteiger partial charge is 0.310 e. The number of rotatable bonds is 3. The summed E-state index contributed by atoms with van der Waals surface area (Å²) in [6.07, 6.45) is 6.82. The molecule has 0 aromatic heterocycles. The summed E-state index contributed by atoms with van der Waals surface area (Å²) in [5.74, 6) is 0. The first-order valence-electron chi connectivity index (χ1n) is 7.45. The Morgan fingerprint density at radius 2 is 1.76 bits per heavy atom. The highest BCUT2D eigenvalue weighted by Gasteiger charge is 2.22. The summed E-state index contributed by atoms with van der Waals surface area (Å²) in [6, 6.07) is 1.51. The van der Waals surface area contributed by atoms with Crippen LogP contribution >= 0.6 is 0 Å². The van der Waals surface area contributed by atoms with Crippen molar-refractivity contribution in [3.63, 3.8) is 0 Å².